The van der Waals surface area contributed by atoms with Gasteiger partial charge in [-0.3, -0.25) is 4.79 Å². The van der Waals surface area contributed by atoms with Crippen molar-refractivity contribution in [3.05, 3.63) is 88.2 Å². The summed E-state index contributed by atoms with van der Waals surface area (Å²) >= 11 is 0. The summed E-state index contributed by atoms with van der Waals surface area (Å²) < 4.78 is 22.1. The average Bonchev–Trinajstić information content (AvgIpc) is 3.10. The second-order valence-corrected chi connectivity index (χ2v) is 11.8. The van der Waals surface area contributed by atoms with Crippen molar-refractivity contribution in [2.45, 2.75) is 30.3 Å². The first kappa shape index (κ1) is 35.1. The van der Waals surface area contributed by atoms with Gasteiger partial charge in [0.15, 0.2) is 52.8 Å². The van der Waals surface area contributed by atoms with Gasteiger partial charge in [-0.25, -0.2) is 14.4 Å². The lowest BCUT2D eigenvalue weighted by atomic mass is 9.71. The van der Waals surface area contributed by atoms with Crippen molar-refractivity contribution in [1.29, 1.82) is 0 Å². The minimum atomic E-state index is -1.92. The fraction of sp³-hybridized carbons (Fsp3) is 0.200. The minimum Gasteiger partial charge on any atom is -0.504 e. The molecule has 1 aliphatic carbocycles. The lowest BCUT2D eigenvalue weighted by molar-refractivity contribution is -0.185. The number of carboxylic acid groups (broad SMARTS) is 2. The number of esters is 2. The van der Waals surface area contributed by atoms with E-state index >= 15 is 0 Å². The predicted octanol–water partition coefficient (Wildman–Crippen LogP) is 1.81. The summed E-state index contributed by atoms with van der Waals surface area (Å²) in [6.45, 7) is -1.04. The largest absolute Gasteiger partial charge is 0.504 e. The molecule has 0 spiro atoms. The third kappa shape index (κ3) is 6.36. The van der Waals surface area contributed by atoms with E-state index in [0.29, 0.717) is 0 Å². The molecular weight excluding hydrogens is 692 g/mol. The highest BCUT2D eigenvalue weighted by atomic mass is 16.6. The van der Waals surface area contributed by atoms with Gasteiger partial charge < -0.3 is 64.9 Å². The lowest BCUT2D eigenvalue weighted by Crippen LogP contribution is -2.53. The van der Waals surface area contributed by atoms with E-state index < -0.39 is 113 Å². The number of hydrogen-bond acceptors (Lipinski definition) is 15. The standard InChI is InChI=1S/C35H28O17/c36-12-22(41)31-32-24(11-25(50-31)33(44)45)51-35(48)17-7-15-9-19(38)20(39)10-16(15)27(28(17)34(46)47)14-2-5-23(21(40)8-14)49-30-13(3-6-26(42)52-32)1-4-18(37)29(30)43/h1-11,22,24,27-28,31-32,36-41,43H,12H2,(H,44,45)(H,46,47)/b6-3-/t22-,24-,27+,28-,31-,32-/m1/s1. The fourth-order valence-corrected chi connectivity index (χ4v) is 6.16. The molecule has 0 saturated heterocycles. The number of ether oxygens (including phenoxy) is 4. The molecule has 270 valence electrons. The number of aliphatic carboxylic acids is 2. The van der Waals surface area contributed by atoms with Crippen LogP contribution < -0.4 is 4.74 Å². The third-order valence-electron chi connectivity index (χ3n) is 8.59. The molecule has 0 aromatic heterocycles. The van der Waals surface area contributed by atoms with E-state index in [4.69, 9.17) is 18.9 Å². The zero-order chi connectivity index (χ0) is 37.6. The van der Waals surface area contributed by atoms with Gasteiger partial charge in [0.25, 0.3) is 0 Å². The first-order valence-electron chi connectivity index (χ1n) is 15.2. The van der Waals surface area contributed by atoms with Crippen molar-refractivity contribution in [3.8, 4) is 40.2 Å². The van der Waals surface area contributed by atoms with Gasteiger partial charge >= 0.3 is 23.9 Å². The molecule has 52 heavy (non-hydrogen) atoms. The Balaban J connectivity index is 1.60. The SMILES string of the molecule is O=C1/C=C\c2ccc(O)c(O)c2Oc2ccc(cc2O)[C@H]2c3cc(O)c(O)cc3C=C(C(=O)O[C@@H]3C=C(C(=O)O)O[C@H]([C@H](O)CO)[C@@H]3O1)[C@H]2C(=O)O. The number of fused-ring (bicyclic) bond motifs is 6. The van der Waals surface area contributed by atoms with Crippen molar-refractivity contribution < 1.29 is 84.1 Å². The van der Waals surface area contributed by atoms with Gasteiger partial charge in [0.1, 0.15) is 6.10 Å². The van der Waals surface area contributed by atoms with Crippen molar-refractivity contribution in [1.82, 2.24) is 0 Å². The molecule has 6 atom stereocenters. The van der Waals surface area contributed by atoms with Crippen LogP contribution >= 0.6 is 0 Å². The molecule has 0 radical (unpaired) electrons. The lowest BCUT2D eigenvalue weighted by Gasteiger charge is -2.37. The Morgan fingerprint density at radius 3 is 2.21 bits per heavy atom. The van der Waals surface area contributed by atoms with Gasteiger partial charge in [-0.2, -0.15) is 0 Å². The van der Waals surface area contributed by atoms with Crippen LogP contribution in [0.25, 0.3) is 12.2 Å². The molecule has 0 unspecified atom stereocenters. The van der Waals surface area contributed by atoms with E-state index in [-0.39, 0.29) is 28.0 Å². The molecule has 0 saturated carbocycles. The van der Waals surface area contributed by atoms with Crippen LogP contribution in [0.15, 0.2) is 65.9 Å². The highest BCUT2D eigenvalue weighted by Crippen LogP contribution is 2.49. The Bertz CT molecular complexity index is 2100. The molecular formula is C35H28O17. The summed E-state index contributed by atoms with van der Waals surface area (Å²) in [5.41, 5.74) is -0.482. The summed E-state index contributed by atoms with van der Waals surface area (Å²) in [6.07, 6.45) is -3.89. The normalized spacial score (nSPS) is 23.6. The third-order valence-corrected chi connectivity index (χ3v) is 8.59. The number of carboxylic acids is 2. The molecule has 3 aromatic rings. The molecule has 3 aliphatic heterocycles. The van der Waals surface area contributed by atoms with Gasteiger partial charge in [0, 0.05) is 23.6 Å². The molecule has 9 N–H and O–H groups in total. The number of carbonyl (C=O) groups is 4. The van der Waals surface area contributed by atoms with Crippen LogP contribution in [0.2, 0.25) is 0 Å². The van der Waals surface area contributed by atoms with E-state index in [9.17, 15) is 65.1 Å². The smallest absolute Gasteiger partial charge is 0.370 e. The molecule has 4 bridgehead atoms. The van der Waals surface area contributed by atoms with Gasteiger partial charge in [-0.1, -0.05) is 6.07 Å². The minimum absolute atomic E-state index is 0.0312. The van der Waals surface area contributed by atoms with E-state index in [1.165, 1.54) is 18.2 Å². The van der Waals surface area contributed by atoms with Crippen molar-refractivity contribution in [2.75, 3.05) is 6.61 Å². The van der Waals surface area contributed by atoms with E-state index in [2.05, 4.69) is 0 Å². The van der Waals surface area contributed by atoms with E-state index in [0.717, 1.165) is 48.6 Å². The summed E-state index contributed by atoms with van der Waals surface area (Å²) in [5.74, 6) is -14.2. The average molecular weight is 721 g/mol. The van der Waals surface area contributed by atoms with Gasteiger partial charge in [0.2, 0.25) is 11.5 Å². The zero-order valence-electron chi connectivity index (χ0n) is 26.3. The number of hydrogen-bond donors (Lipinski definition) is 9. The quantitative estimate of drug-likeness (QED) is 0.137. The number of phenolic OH excluding ortho intramolecular Hbond substituents is 5. The highest BCUT2D eigenvalue weighted by Gasteiger charge is 2.47. The van der Waals surface area contributed by atoms with Gasteiger partial charge in [0.05, 0.1) is 18.1 Å². The second-order valence-electron chi connectivity index (χ2n) is 11.8. The van der Waals surface area contributed by atoms with Crippen LogP contribution in [0.3, 0.4) is 0 Å². The molecule has 3 aromatic carbocycles. The molecule has 4 aliphatic rings. The fourth-order valence-electron chi connectivity index (χ4n) is 6.16. The Kier molecular flexibility index (Phi) is 9.14. The Morgan fingerprint density at radius 2 is 1.54 bits per heavy atom. The van der Waals surface area contributed by atoms with Crippen LogP contribution in [-0.2, 0) is 33.4 Å². The first-order valence-corrected chi connectivity index (χ1v) is 15.2. The van der Waals surface area contributed by atoms with Crippen LogP contribution in [0.4, 0.5) is 0 Å². The number of phenols is 5. The van der Waals surface area contributed by atoms with Crippen LogP contribution in [0.1, 0.15) is 28.2 Å². The van der Waals surface area contributed by atoms with E-state index in [1.54, 1.807) is 0 Å². The number of carbonyl (C=O) groups excluding carboxylic acids is 2. The highest BCUT2D eigenvalue weighted by molar-refractivity contribution is 6.02. The van der Waals surface area contributed by atoms with Crippen molar-refractivity contribution in [3.63, 3.8) is 0 Å². The predicted molar refractivity (Wildman–Crippen MR) is 171 cm³/mol. The van der Waals surface area contributed by atoms with Crippen LogP contribution in [0, 0.1) is 5.92 Å². The van der Waals surface area contributed by atoms with Crippen molar-refractivity contribution in [2.24, 2.45) is 5.92 Å². The molecule has 7 rings (SSSR count). The number of aliphatic hydroxyl groups is 2. The van der Waals surface area contributed by atoms with E-state index in [1.807, 2.05) is 0 Å². The number of rotatable bonds is 4. The van der Waals surface area contributed by atoms with Crippen LogP contribution in [0.5, 0.6) is 40.2 Å². The number of aromatic hydroxyl groups is 5. The molecule has 0 fully saturated rings. The topological polar surface area (TPSA) is 287 Å². The maximum absolute atomic E-state index is 14.0. The molecule has 17 heteroatoms. The van der Waals surface area contributed by atoms with Gasteiger partial charge in [-0.05, 0) is 65.2 Å². The number of benzene rings is 3. The monoisotopic (exact) mass is 720 g/mol. The Labute approximate surface area is 291 Å². The van der Waals surface area contributed by atoms with Crippen molar-refractivity contribution >= 4 is 36.0 Å². The summed E-state index contributed by atoms with van der Waals surface area (Å²) in [4.78, 5) is 52.2. The second kappa shape index (κ2) is 13.5. The zero-order valence-corrected chi connectivity index (χ0v) is 26.3. The van der Waals surface area contributed by atoms with Gasteiger partial charge in [-0.15, -0.1) is 0 Å². The number of aliphatic hydroxyl groups excluding tert-OH is 2. The maximum atomic E-state index is 14.0. The molecule has 0 amide bonds. The first-order chi connectivity index (χ1) is 24.7. The Morgan fingerprint density at radius 1 is 0.808 bits per heavy atom. The molecule has 3 heterocycles. The summed E-state index contributed by atoms with van der Waals surface area (Å²) in [5, 5.41) is 93.2. The van der Waals surface area contributed by atoms with Crippen LogP contribution in [-0.4, -0.2) is 101 Å². The maximum Gasteiger partial charge on any atom is 0.370 e. The molecule has 17 nitrogen and oxygen atoms in total. The summed E-state index contributed by atoms with van der Waals surface area (Å²) in [7, 11) is 0. The summed E-state index contributed by atoms with van der Waals surface area (Å²) in [6, 6.07) is 7.97. The Hall–Kier alpha value is -6.72.